The maximum Gasteiger partial charge on any atom is 0.222 e. The summed E-state index contributed by atoms with van der Waals surface area (Å²) in [5, 5.41) is 6.41. The standard InChI is InChI=1S/C17H19ClN4O3/c18-13-10-12(11-14-16(13)25-9-8-24-14)2-6-19-15(23)3-7-22-17-20-4-1-5-21-17/h1,4-5,10-11H,2-3,6-9H2,(H,19,23)(H,20,21,22). The quantitative estimate of drug-likeness (QED) is 0.784. The van der Waals surface area contributed by atoms with Gasteiger partial charge in [0.15, 0.2) is 11.5 Å². The van der Waals surface area contributed by atoms with Crippen molar-refractivity contribution in [3.8, 4) is 11.5 Å². The van der Waals surface area contributed by atoms with E-state index in [0.717, 1.165) is 5.56 Å². The summed E-state index contributed by atoms with van der Waals surface area (Å²) in [4.78, 5) is 19.9. The van der Waals surface area contributed by atoms with Crippen molar-refractivity contribution in [1.82, 2.24) is 15.3 Å². The van der Waals surface area contributed by atoms with Crippen molar-refractivity contribution in [2.75, 3.05) is 31.6 Å². The molecule has 7 nitrogen and oxygen atoms in total. The van der Waals surface area contributed by atoms with Gasteiger partial charge in [-0.15, -0.1) is 0 Å². The monoisotopic (exact) mass is 362 g/mol. The Labute approximate surface area is 150 Å². The molecule has 25 heavy (non-hydrogen) atoms. The zero-order valence-electron chi connectivity index (χ0n) is 13.6. The number of carbonyl (C=O) groups is 1. The number of benzene rings is 1. The lowest BCUT2D eigenvalue weighted by molar-refractivity contribution is -0.120. The van der Waals surface area contributed by atoms with E-state index in [4.69, 9.17) is 21.1 Å². The highest BCUT2D eigenvalue weighted by molar-refractivity contribution is 6.32. The number of rotatable bonds is 7. The molecule has 0 unspecified atom stereocenters. The molecule has 8 heteroatoms. The number of carbonyl (C=O) groups excluding carboxylic acids is 1. The Balaban J connectivity index is 1.40. The highest BCUT2D eigenvalue weighted by atomic mass is 35.5. The van der Waals surface area contributed by atoms with Crippen LogP contribution < -0.4 is 20.1 Å². The highest BCUT2D eigenvalue weighted by Crippen LogP contribution is 2.38. The summed E-state index contributed by atoms with van der Waals surface area (Å²) in [5.74, 6) is 1.73. The van der Waals surface area contributed by atoms with E-state index in [2.05, 4.69) is 20.6 Å². The minimum atomic E-state index is -0.0351. The molecule has 1 aliphatic rings. The number of aromatic nitrogens is 2. The van der Waals surface area contributed by atoms with Gasteiger partial charge in [0.25, 0.3) is 0 Å². The third kappa shape index (κ3) is 4.96. The molecule has 0 atom stereocenters. The minimum absolute atomic E-state index is 0.0351. The van der Waals surface area contributed by atoms with Gasteiger partial charge in [-0.05, 0) is 30.2 Å². The molecule has 2 N–H and O–H groups in total. The summed E-state index contributed by atoms with van der Waals surface area (Å²) in [6.07, 6.45) is 4.30. The average Bonchev–Trinajstić information content (AvgIpc) is 2.63. The molecule has 2 heterocycles. The van der Waals surface area contributed by atoms with E-state index in [1.54, 1.807) is 18.5 Å². The fraction of sp³-hybridized carbons (Fsp3) is 0.353. The first-order valence-electron chi connectivity index (χ1n) is 8.08. The Morgan fingerprint density at radius 3 is 2.80 bits per heavy atom. The number of fused-ring (bicyclic) bond motifs is 1. The van der Waals surface area contributed by atoms with Crippen LogP contribution in [0.5, 0.6) is 11.5 Å². The predicted octanol–water partition coefficient (Wildman–Crippen LogP) is 2.06. The molecule has 132 valence electrons. The van der Waals surface area contributed by atoms with E-state index in [0.29, 0.717) is 61.6 Å². The largest absolute Gasteiger partial charge is 0.486 e. The highest BCUT2D eigenvalue weighted by Gasteiger charge is 2.16. The van der Waals surface area contributed by atoms with Gasteiger partial charge in [0.05, 0.1) is 5.02 Å². The lowest BCUT2D eigenvalue weighted by atomic mass is 10.1. The van der Waals surface area contributed by atoms with E-state index in [1.165, 1.54) is 0 Å². The number of nitrogens with zero attached hydrogens (tertiary/aromatic N) is 2. The Morgan fingerprint density at radius 1 is 1.16 bits per heavy atom. The summed E-state index contributed by atoms with van der Waals surface area (Å²) < 4.78 is 11.0. The van der Waals surface area contributed by atoms with Crippen molar-refractivity contribution < 1.29 is 14.3 Å². The van der Waals surface area contributed by atoms with E-state index in [1.807, 2.05) is 12.1 Å². The van der Waals surface area contributed by atoms with Crippen LogP contribution in [0.2, 0.25) is 5.02 Å². The number of halogens is 1. The van der Waals surface area contributed by atoms with Crippen molar-refractivity contribution in [2.24, 2.45) is 0 Å². The third-order valence-corrected chi connectivity index (χ3v) is 3.87. The molecule has 0 spiro atoms. The summed E-state index contributed by atoms with van der Waals surface area (Å²) in [5.41, 5.74) is 0.991. The van der Waals surface area contributed by atoms with Gasteiger partial charge in [-0.3, -0.25) is 4.79 Å². The maximum absolute atomic E-state index is 11.9. The number of ether oxygens (including phenoxy) is 2. The van der Waals surface area contributed by atoms with Crippen LogP contribution in [0.25, 0.3) is 0 Å². The minimum Gasteiger partial charge on any atom is -0.486 e. The summed E-state index contributed by atoms with van der Waals surface area (Å²) in [6.45, 7) is 2.02. The van der Waals surface area contributed by atoms with E-state index in [9.17, 15) is 4.79 Å². The molecule has 3 rings (SSSR count). The van der Waals surface area contributed by atoms with Gasteiger partial charge < -0.3 is 20.1 Å². The van der Waals surface area contributed by atoms with Crippen LogP contribution in [-0.4, -0.2) is 42.2 Å². The van der Waals surface area contributed by atoms with Crippen LogP contribution in [-0.2, 0) is 11.2 Å². The Bertz CT molecular complexity index is 727. The predicted molar refractivity (Wildman–Crippen MR) is 94.3 cm³/mol. The first kappa shape index (κ1) is 17.3. The number of hydrogen-bond acceptors (Lipinski definition) is 6. The molecule has 0 bridgehead atoms. The molecule has 0 fully saturated rings. The summed E-state index contributed by atoms with van der Waals surface area (Å²) in [7, 11) is 0. The van der Waals surface area contributed by atoms with Gasteiger partial charge in [-0.1, -0.05) is 11.6 Å². The average molecular weight is 363 g/mol. The molecule has 0 radical (unpaired) electrons. The first-order valence-corrected chi connectivity index (χ1v) is 8.46. The van der Waals surface area contributed by atoms with Crippen LogP contribution in [0.15, 0.2) is 30.6 Å². The van der Waals surface area contributed by atoms with Crippen LogP contribution in [0.1, 0.15) is 12.0 Å². The molecule has 1 aromatic heterocycles. The Kier molecular flexibility index (Phi) is 5.90. The number of nitrogens with one attached hydrogen (secondary N) is 2. The smallest absolute Gasteiger partial charge is 0.222 e. The molecule has 2 aromatic rings. The van der Waals surface area contributed by atoms with Crippen LogP contribution in [0.4, 0.5) is 5.95 Å². The topological polar surface area (TPSA) is 85.4 Å². The van der Waals surface area contributed by atoms with Gasteiger partial charge in [0.2, 0.25) is 11.9 Å². The fourth-order valence-corrected chi connectivity index (χ4v) is 2.71. The van der Waals surface area contributed by atoms with Gasteiger partial charge in [-0.2, -0.15) is 0 Å². The third-order valence-electron chi connectivity index (χ3n) is 3.59. The summed E-state index contributed by atoms with van der Waals surface area (Å²) in [6, 6.07) is 5.48. The normalized spacial score (nSPS) is 12.5. The van der Waals surface area contributed by atoms with Crippen LogP contribution in [0, 0.1) is 0 Å². The lowest BCUT2D eigenvalue weighted by Gasteiger charge is -2.20. The van der Waals surface area contributed by atoms with Gasteiger partial charge in [-0.25, -0.2) is 9.97 Å². The molecule has 0 saturated heterocycles. The van der Waals surface area contributed by atoms with Gasteiger partial charge >= 0.3 is 0 Å². The van der Waals surface area contributed by atoms with Gasteiger partial charge in [0, 0.05) is 31.9 Å². The lowest BCUT2D eigenvalue weighted by Crippen LogP contribution is -2.27. The van der Waals surface area contributed by atoms with Crippen molar-refractivity contribution in [3.05, 3.63) is 41.2 Å². The zero-order chi connectivity index (χ0) is 17.5. The van der Waals surface area contributed by atoms with Crippen molar-refractivity contribution in [3.63, 3.8) is 0 Å². The second-order valence-corrected chi connectivity index (χ2v) is 5.86. The van der Waals surface area contributed by atoms with E-state index >= 15 is 0 Å². The molecular formula is C17H19ClN4O3. The fourth-order valence-electron chi connectivity index (χ4n) is 2.42. The van der Waals surface area contributed by atoms with Crippen molar-refractivity contribution in [1.29, 1.82) is 0 Å². The van der Waals surface area contributed by atoms with Crippen LogP contribution in [0.3, 0.4) is 0 Å². The summed E-state index contributed by atoms with van der Waals surface area (Å²) >= 11 is 6.20. The van der Waals surface area contributed by atoms with Gasteiger partial charge in [0.1, 0.15) is 13.2 Å². The maximum atomic E-state index is 11.9. The molecule has 0 saturated carbocycles. The number of amides is 1. The molecule has 1 aliphatic heterocycles. The van der Waals surface area contributed by atoms with E-state index in [-0.39, 0.29) is 5.91 Å². The van der Waals surface area contributed by atoms with Crippen molar-refractivity contribution >= 4 is 23.5 Å². The molecule has 1 amide bonds. The first-order chi connectivity index (χ1) is 12.2. The molecule has 1 aromatic carbocycles. The number of hydrogen-bond donors (Lipinski definition) is 2. The Morgan fingerprint density at radius 2 is 1.96 bits per heavy atom. The van der Waals surface area contributed by atoms with Crippen LogP contribution >= 0.6 is 11.6 Å². The Hall–Kier alpha value is -2.54. The second-order valence-electron chi connectivity index (χ2n) is 5.45. The number of anilines is 1. The van der Waals surface area contributed by atoms with E-state index < -0.39 is 0 Å². The van der Waals surface area contributed by atoms with Crippen molar-refractivity contribution in [2.45, 2.75) is 12.8 Å². The second kappa shape index (κ2) is 8.53. The molecular weight excluding hydrogens is 344 g/mol. The zero-order valence-corrected chi connectivity index (χ0v) is 14.4. The molecule has 0 aliphatic carbocycles. The SMILES string of the molecule is O=C(CCNc1ncccn1)NCCc1cc(Cl)c2c(c1)OCCO2.